The topological polar surface area (TPSA) is 75.7 Å². The molecular weight excluding hydrogens is 278 g/mol. The maximum Gasteiger partial charge on any atom is 0.224 e. The molecule has 0 radical (unpaired) electrons. The van der Waals surface area contributed by atoms with Crippen LogP contribution in [-0.4, -0.2) is 27.3 Å². The van der Waals surface area contributed by atoms with Crippen molar-refractivity contribution in [3.8, 4) is 5.75 Å². The molecule has 102 valence electrons. The third-order valence-electron chi connectivity index (χ3n) is 2.83. The molecule has 7 heteroatoms. The van der Waals surface area contributed by atoms with Gasteiger partial charge >= 0.3 is 0 Å². The Kier molecular flexibility index (Phi) is 3.15. The van der Waals surface area contributed by atoms with E-state index in [4.69, 9.17) is 16.3 Å². The van der Waals surface area contributed by atoms with Crippen molar-refractivity contribution in [2.45, 2.75) is 6.92 Å². The molecule has 0 aliphatic carbocycles. The standard InChI is InChI=1S/C13H12ClN5O/c1-7-5-11(19-18-7)16-12-9-4-3-8(20-2)6-10(9)15-13(14)17-12/h3-6H,1-2H3,(H2,15,16,17,18,19). The number of benzene rings is 1. The van der Waals surface area contributed by atoms with Gasteiger partial charge in [0.2, 0.25) is 5.28 Å². The summed E-state index contributed by atoms with van der Waals surface area (Å²) >= 11 is 5.96. The van der Waals surface area contributed by atoms with E-state index < -0.39 is 0 Å². The van der Waals surface area contributed by atoms with Gasteiger partial charge in [-0.25, -0.2) is 4.98 Å². The summed E-state index contributed by atoms with van der Waals surface area (Å²) in [6.45, 7) is 1.92. The average molecular weight is 290 g/mol. The normalized spacial score (nSPS) is 10.8. The van der Waals surface area contributed by atoms with Gasteiger partial charge in [-0.05, 0) is 30.7 Å². The van der Waals surface area contributed by atoms with Crippen LogP contribution in [-0.2, 0) is 0 Å². The van der Waals surface area contributed by atoms with Gasteiger partial charge in [0.25, 0.3) is 0 Å². The van der Waals surface area contributed by atoms with Gasteiger partial charge in [0.05, 0.1) is 12.6 Å². The van der Waals surface area contributed by atoms with E-state index in [0.717, 1.165) is 11.1 Å². The van der Waals surface area contributed by atoms with E-state index >= 15 is 0 Å². The van der Waals surface area contributed by atoms with Gasteiger partial charge in [0.1, 0.15) is 11.6 Å². The van der Waals surface area contributed by atoms with Crippen LogP contribution < -0.4 is 10.1 Å². The molecule has 0 bridgehead atoms. The fourth-order valence-corrected chi connectivity index (χ4v) is 2.08. The maximum atomic E-state index is 5.96. The average Bonchev–Trinajstić information content (AvgIpc) is 2.83. The molecular formula is C13H12ClN5O. The zero-order chi connectivity index (χ0) is 14.1. The van der Waals surface area contributed by atoms with Gasteiger partial charge in [0, 0.05) is 23.2 Å². The number of fused-ring (bicyclic) bond motifs is 1. The van der Waals surface area contributed by atoms with Crippen molar-refractivity contribution in [2.24, 2.45) is 0 Å². The fraction of sp³-hybridized carbons (Fsp3) is 0.154. The summed E-state index contributed by atoms with van der Waals surface area (Å²) in [5.41, 5.74) is 1.66. The second-order valence-electron chi connectivity index (χ2n) is 4.29. The van der Waals surface area contributed by atoms with Crippen molar-refractivity contribution < 1.29 is 4.74 Å². The number of aromatic amines is 1. The van der Waals surface area contributed by atoms with Crippen LogP contribution in [0.5, 0.6) is 5.75 Å². The van der Waals surface area contributed by atoms with Gasteiger partial charge in [0.15, 0.2) is 5.82 Å². The van der Waals surface area contributed by atoms with Crippen LogP contribution in [0.15, 0.2) is 24.3 Å². The van der Waals surface area contributed by atoms with E-state index in [1.807, 2.05) is 31.2 Å². The third kappa shape index (κ3) is 2.37. The SMILES string of the molecule is COc1ccc2c(Nc3cc(C)[nH]n3)nc(Cl)nc2c1. The molecule has 2 aromatic heterocycles. The van der Waals surface area contributed by atoms with Crippen molar-refractivity contribution in [1.29, 1.82) is 0 Å². The van der Waals surface area contributed by atoms with Gasteiger partial charge in [-0.15, -0.1) is 0 Å². The van der Waals surface area contributed by atoms with E-state index in [2.05, 4.69) is 25.5 Å². The summed E-state index contributed by atoms with van der Waals surface area (Å²) in [5.74, 6) is 2.00. The number of nitrogens with zero attached hydrogens (tertiary/aromatic N) is 3. The summed E-state index contributed by atoms with van der Waals surface area (Å²) < 4.78 is 5.18. The molecule has 0 saturated heterocycles. The molecule has 0 atom stereocenters. The van der Waals surface area contributed by atoms with E-state index in [9.17, 15) is 0 Å². The fourth-order valence-electron chi connectivity index (χ4n) is 1.91. The van der Waals surface area contributed by atoms with E-state index in [1.165, 1.54) is 0 Å². The van der Waals surface area contributed by atoms with Crippen molar-refractivity contribution in [3.05, 3.63) is 35.2 Å². The van der Waals surface area contributed by atoms with Gasteiger partial charge in [-0.1, -0.05) is 0 Å². The quantitative estimate of drug-likeness (QED) is 0.725. The molecule has 20 heavy (non-hydrogen) atoms. The number of aromatic nitrogens is 4. The highest BCUT2D eigenvalue weighted by atomic mass is 35.5. The van der Waals surface area contributed by atoms with Crippen LogP contribution in [0.2, 0.25) is 5.28 Å². The van der Waals surface area contributed by atoms with E-state index in [0.29, 0.717) is 22.9 Å². The number of hydrogen-bond donors (Lipinski definition) is 2. The zero-order valence-electron chi connectivity index (χ0n) is 10.9. The van der Waals surface area contributed by atoms with Gasteiger partial charge in [-0.2, -0.15) is 10.1 Å². The summed E-state index contributed by atoms with van der Waals surface area (Å²) in [6.07, 6.45) is 0. The molecule has 0 unspecified atom stereocenters. The first-order chi connectivity index (χ1) is 9.65. The monoisotopic (exact) mass is 289 g/mol. The molecule has 3 rings (SSSR count). The Hall–Kier alpha value is -2.34. The molecule has 0 fully saturated rings. The minimum Gasteiger partial charge on any atom is -0.497 e. The molecule has 2 heterocycles. The third-order valence-corrected chi connectivity index (χ3v) is 3.00. The Labute approximate surface area is 120 Å². The predicted octanol–water partition coefficient (Wildman–Crippen LogP) is 3.07. The first-order valence-electron chi connectivity index (χ1n) is 5.96. The number of methoxy groups -OCH3 is 1. The number of aryl methyl sites for hydroxylation is 1. The highest BCUT2D eigenvalue weighted by Gasteiger charge is 2.09. The van der Waals surface area contributed by atoms with Crippen LogP contribution in [0, 0.1) is 6.92 Å². The molecule has 0 aliphatic heterocycles. The molecule has 1 aromatic carbocycles. The van der Waals surface area contributed by atoms with Crippen molar-refractivity contribution in [3.63, 3.8) is 0 Å². The van der Waals surface area contributed by atoms with Crippen LogP contribution >= 0.6 is 11.6 Å². The smallest absolute Gasteiger partial charge is 0.224 e. The molecule has 0 amide bonds. The minimum atomic E-state index is 0.167. The number of ether oxygens (including phenoxy) is 1. The predicted molar refractivity (Wildman–Crippen MR) is 77.7 cm³/mol. The molecule has 2 N–H and O–H groups in total. The zero-order valence-corrected chi connectivity index (χ0v) is 11.7. The molecule has 0 saturated carbocycles. The Balaban J connectivity index is 2.09. The van der Waals surface area contributed by atoms with Crippen LogP contribution in [0.3, 0.4) is 0 Å². The Bertz CT molecular complexity index is 771. The number of H-pyrrole nitrogens is 1. The van der Waals surface area contributed by atoms with Crippen LogP contribution in [0.1, 0.15) is 5.69 Å². The molecule has 3 aromatic rings. The summed E-state index contributed by atoms with van der Waals surface area (Å²) in [5, 5.41) is 11.1. The van der Waals surface area contributed by atoms with Gasteiger partial charge < -0.3 is 10.1 Å². The lowest BCUT2D eigenvalue weighted by Gasteiger charge is -2.08. The Morgan fingerprint density at radius 2 is 2.10 bits per heavy atom. The minimum absolute atomic E-state index is 0.167. The second-order valence-corrected chi connectivity index (χ2v) is 4.62. The number of anilines is 2. The molecule has 6 nitrogen and oxygen atoms in total. The summed E-state index contributed by atoms with van der Waals surface area (Å²) in [4.78, 5) is 8.41. The lowest BCUT2D eigenvalue weighted by atomic mass is 10.2. The summed E-state index contributed by atoms with van der Waals surface area (Å²) in [6, 6.07) is 7.42. The van der Waals surface area contributed by atoms with E-state index in [1.54, 1.807) is 7.11 Å². The lowest BCUT2D eigenvalue weighted by molar-refractivity contribution is 0.415. The first-order valence-corrected chi connectivity index (χ1v) is 6.34. The number of halogens is 1. The first kappa shape index (κ1) is 12.7. The molecule has 0 aliphatic rings. The summed E-state index contributed by atoms with van der Waals surface area (Å²) in [7, 11) is 1.61. The van der Waals surface area contributed by atoms with Crippen molar-refractivity contribution in [2.75, 3.05) is 12.4 Å². The maximum absolute atomic E-state index is 5.96. The highest BCUT2D eigenvalue weighted by molar-refractivity contribution is 6.28. The molecule has 0 spiro atoms. The van der Waals surface area contributed by atoms with E-state index in [-0.39, 0.29) is 5.28 Å². The number of hydrogen-bond acceptors (Lipinski definition) is 5. The van der Waals surface area contributed by atoms with Crippen molar-refractivity contribution >= 4 is 34.1 Å². The Morgan fingerprint density at radius 1 is 1.25 bits per heavy atom. The van der Waals surface area contributed by atoms with Crippen LogP contribution in [0.4, 0.5) is 11.6 Å². The van der Waals surface area contributed by atoms with Crippen molar-refractivity contribution in [1.82, 2.24) is 20.2 Å². The number of nitrogens with one attached hydrogen (secondary N) is 2. The highest BCUT2D eigenvalue weighted by Crippen LogP contribution is 2.27. The Morgan fingerprint density at radius 3 is 2.80 bits per heavy atom. The number of rotatable bonds is 3. The lowest BCUT2D eigenvalue weighted by Crippen LogP contribution is -1.98. The van der Waals surface area contributed by atoms with Gasteiger partial charge in [-0.3, -0.25) is 5.10 Å². The van der Waals surface area contributed by atoms with Crippen LogP contribution in [0.25, 0.3) is 10.9 Å². The second kappa shape index (κ2) is 4.97. The largest absolute Gasteiger partial charge is 0.497 e.